The van der Waals surface area contributed by atoms with E-state index in [0.717, 1.165) is 22.3 Å². The predicted octanol–water partition coefficient (Wildman–Crippen LogP) is 13.0. The number of aryl methyl sites for hydroxylation is 3. The molecule has 0 fully saturated rings. The lowest BCUT2D eigenvalue weighted by molar-refractivity contribution is 0.589. The SMILES string of the molecule is Cc1cc2c3c(c1)N(c1c(C)cc(C(C)(C)C)cc1C)c1cc(-c4cc5ccccc5o4)ccc1B3c1cc(C(C)(C)C)ccc1N2c1ccc(C(C)(C)C)cc1. The summed E-state index contributed by atoms with van der Waals surface area (Å²) in [6.45, 7) is 27.6. The van der Waals surface area contributed by atoms with Crippen LogP contribution in [0.5, 0.6) is 0 Å². The van der Waals surface area contributed by atoms with Crippen molar-refractivity contribution in [2.75, 3.05) is 9.80 Å². The number of benzene rings is 6. The highest BCUT2D eigenvalue weighted by Crippen LogP contribution is 2.48. The van der Waals surface area contributed by atoms with E-state index in [-0.39, 0.29) is 23.0 Å². The highest BCUT2D eigenvalue weighted by atomic mass is 16.3. The van der Waals surface area contributed by atoms with Crippen LogP contribution in [0.3, 0.4) is 0 Å². The van der Waals surface area contributed by atoms with Crippen molar-refractivity contribution < 1.29 is 4.42 Å². The van der Waals surface area contributed by atoms with Gasteiger partial charge in [0.15, 0.2) is 0 Å². The Kier molecular flexibility index (Phi) is 8.31. The van der Waals surface area contributed by atoms with E-state index in [1.807, 2.05) is 6.07 Å². The molecular formula is C53H55BN2O. The van der Waals surface area contributed by atoms with Gasteiger partial charge in [0.25, 0.3) is 6.71 Å². The monoisotopic (exact) mass is 746 g/mol. The zero-order valence-electron chi connectivity index (χ0n) is 35.8. The molecule has 1 aromatic heterocycles. The first kappa shape index (κ1) is 37.1. The van der Waals surface area contributed by atoms with E-state index in [4.69, 9.17) is 4.42 Å². The van der Waals surface area contributed by atoms with Crippen LogP contribution in [-0.2, 0) is 16.2 Å². The number of hydrogen-bond acceptors (Lipinski definition) is 3. The van der Waals surface area contributed by atoms with Gasteiger partial charge in [0, 0.05) is 39.4 Å². The number of nitrogens with zero attached hydrogens (tertiary/aromatic N) is 2. The van der Waals surface area contributed by atoms with Crippen LogP contribution in [0.4, 0.5) is 34.1 Å². The number of rotatable bonds is 3. The Labute approximate surface area is 340 Å². The van der Waals surface area contributed by atoms with E-state index in [1.165, 1.54) is 83.9 Å². The minimum atomic E-state index is -0.0116. The number of furan rings is 1. The Morgan fingerprint density at radius 1 is 0.491 bits per heavy atom. The molecule has 0 saturated carbocycles. The molecule has 3 nitrogen and oxygen atoms in total. The van der Waals surface area contributed by atoms with E-state index in [2.05, 4.69) is 202 Å². The molecule has 57 heavy (non-hydrogen) atoms. The van der Waals surface area contributed by atoms with Crippen LogP contribution in [0, 0.1) is 20.8 Å². The third-order valence-electron chi connectivity index (χ3n) is 12.4. The zero-order valence-corrected chi connectivity index (χ0v) is 35.8. The Morgan fingerprint density at radius 3 is 1.74 bits per heavy atom. The van der Waals surface area contributed by atoms with Crippen molar-refractivity contribution in [1.29, 1.82) is 0 Å². The number of hydrogen-bond donors (Lipinski definition) is 0. The minimum absolute atomic E-state index is 0.0116. The molecule has 7 aromatic rings. The van der Waals surface area contributed by atoms with Gasteiger partial charge in [-0.1, -0.05) is 129 Å². The molecular weight excluding hydrogens is 691 g/mol. The third kappa shape index (κ3) is 6.11. The van der Waals surface area contributed by atoms with Gasteiger partial charge >= 0.3 is 0 Å². The van der Waals surface area contributed by atoms with Crippen molar-refractivity contribution in [2.24, 2.45) is 0 Å². The van der Waals surface area contributed by atoms with Crippen LogP contribution in [-0.4, -0.2) is 6.71 Å². The van der Waals surface area contributed by atoms with E-state index in [9.17, 15) is 0 Å². The fourth-order valence-electron chi connectivity index (χ4n) is 9.25. The number of anilines is 6. The Balaban J connectivity index is 1.37. The zero-order chi connectivity index (χ0) is 40.3. The molecule has 0 unspecified atom stereocenters. The van der Waals surface area contributed by atoms with Gasteiger partial charge in [0.1, 0.15) is 11.3 Å². The van der Waals surface area contributed by atoms with E-state index < -0.39 is 0 Å². The quantitative estimate of drug-likeness (QED) is 0.168. The normalized spacial score (nSPS) is 13.9. The number of fused-ring (bicyclic) bond motifs is 5. The summed E-state index contributed by atoms with van der Waals surface area (Å²) in [4.78, 5) is 5.12. The molecule has 0 spiro atoms. The summed E-state index contributed by atoms with van der Waals surface area (Å²) in [6.07, 6.45) is 0. The second-order valence-corrected chi connectivity index (χ2v) is 19.8. The molecule has 4 heteroatoms. The molecule has 286 valence electrons. The third-order valence-corrected chi connectivity index (χ3v) is 12.4. The lowest BCUT2D eigenvalue weighted by atomic mass is 9.33. The summed E-state index contributed by atoms with van der Waals surface area (Å²) < 4.78 is 6.54. The average molecular weight is 747 g/mol. The van der Waals surface area contributed by atoms with Gasteiger partial charge in [-0.2, -0.15) is 0 Å². The highest BCUT2D eigenvalue weighted by molar-refractivity contribution is 7.00. The van der Waals surface area contributed by atoms with Gasteiger partial charge < -0.3 is 14.2 Å². The summed E-state index contributed by atoms with van der Waals surface area (Å²) in [5, 5.41) is 1.11. The van der Waals surface area contributed by atoms with Gasteiger partial charge in [-0.3, -0.25) is 0 Å². The Bertz CT molecular complexity index is 2680. The first-order valence-electron chi connectivity index (χ1n) is 20.6. The lowest BCUT2D eigenvalue weighted by Gasteiger charge is -2.45. The van der Waals surface area contributed by atoms with Crippen LogP contribution in [0.1, 0.15) is 95.7 Å². The minimum Gasteiger partial charge on any atom is -0.456 e. The van der Waals surface area contributed by atoms with Crippen LogP contribution in [0.15, 0.2) is 120 Å². The maximum atomic E-state index is 6.54. The standard InChI is InChI=1S/C53H55BN2O/c1-32-25-45-49-46(26-32)56(50-33(2)27-39(28-34(50)3)53(10,11)12)44-29-36(48-30-35-15-13-14-16-47(35)57-48)17-23-41(44)54(49)42-31-38(52(7,8)9)20-24-43(42)55(45)40-21-18-37(19-22-40)51(4,5)6/h13-31H,1-12H3. The van der Waals surface area contributed by atoms with Crippen LogP contribution < -0.4 is 26.2 Å². The van der Waals surface area contributed by atoms with Gasteiger partial charge in [-0.25, -0.2) is 0 Å². The van der Waals surface area contributed by atoms with Gasteiger partial charge in [0.05, 0.1) is 5.69 Å². The van der Waals surface area contributed by atoms with Crippen LogP contribution in [0.25, 0.3) is 22.3 Å². The first-order valence-corrected chi connectivity index (χ1v) is 20.6. The molecule has 0 bridgehead atoms. The Morgan fingerprint density at radius 2 is 1.11 bits per heavy atom. The maximum absolute atomic E-state index is 6.54. The molecule has 0 radical (unpaired) electrons. The van der Waals surface area contributed by atoms with E-state index >= 15 is 0 Å². The summed E-state index contributed by atoms with van der Waals surface area (Å²) in [6, 6.07) is 43.7. The summed E-state index contributed by atoms with van der Waals surface area (Å²) >= 11 is 0. The van der Waals surface area contributed by atoms with Crippen molar-refractivity contribution in [3.63, 3.8) is 0 Å². The van der Waals surface area contributed by atoms with E-state index in [0.29, 0.717) is 0 Å². The lowest BCUT2D eigenvalue weighted by Crippen LogP contribution is -2.61. The molecule has 0 atom stereocenters. The molecule has 2 aliphatic rings. The molecule has 0 N–H and O–H groups in total. The molecule has 9 rings (SSSR count). The largest absolute Gasteiger partial charge is 0.456 e. The van der Waals surface area contributed by atoms with Gasteiger partial charge in [-0.05, 0) is 135 Å². The number of para-hydroxylation sites is 1. The van der Waals surface area contributed by atoms with Crippen molar-refractivity contribution in [1.82, 2.24) is 0 Å². The topological polar surface area (TPSA) is 19.6 Å². The van der Waals surface area contributed by atoms with Crippen molar-refractivity contribution in [3.8, 4) is 11.3 Å². The van der Waals surface area contributed by atoms with Crippen LogP contribution >= 0.6 is 0 Å². The molecule has 6 aromatic carbocycles. The van der Waals surface area contributed by atoms with Crippen LogP contribution in [0.2, 0.25) is 0 Å². The summed E-state index contributed by atoms with van der Waals surface area (Å²) in [5.41, 5.74) is 21.2. The second-order valence-electron chi connectivity index (χ2n) is 19.8. The molecule has 0 saturated heterocycles. The summed E-state index contributed by atoms with van der Waals surface area (Å²) in [5.74, 6) is 0.884. The molecule has 0 aliphatic carbocycles. The molecule has 2 aliphatic heterocycles. The molecule has 0 amide bonds. The average Bonchev–Trinajstić information content (AvgIpc) is 3.58. The van der Waals surface area contributed by atoms with Crippen molar-refractivity contribution in [2.45, 2.75) is 99.3 Å². The van der Waals surface area contributed by atoms with Crippen molar-refractivity contribution in [3.05, 3.63) is 149 Å². The first-order chi connectivity index (χ1) is 26.9. The van der Waals surface area contributed by atoms with Crippen molar-refractivity contribution >= 4 is 68.2 Å². The second kappa shape index (κ2) is 12.8. The fourth-order valence-corrected chi connectivity index (χ4v) is 9.25. The smallest absolute Gasteiger partial charge is 0.252 e. The fraction of sp³-hybridized carbons (Fsp3) is 0.283. The Hall–Kier alpha value is -5.48. The highest BCUT2D eigenvalue weighted by Gasteiger charge is 2.44. The maximum Gasteiger partial charge on any atom is 0.252 e. The molecule has 3 heterocycles. The predicted molar refractivity (Wildman–Crippen MR) is 246 cm³/mol. The van der Waals surface area contributed by atoms with Gasteiger partial charge in [0.2, 0.25) is 0 Å². The van der Waals surface area contributed by atoms with Gasteiger partial charge in [-0.15, -0.1) is 0 Å². The summed E-state index contributed by atoms with van der Waals surface area (Å²) in [7, 11) is 0. The van der Waals surface area contributed by atoms with E-state index in [1.54, 1.807) is 0 Å².